The summed E-state index contributed by atoms with van der Waals surface area (Å²) < 4.78 is 6.48. The van der Waals surface area contributed by atoms with E-state index in [9.17, 15) is 4.79 Å². The van der Waals surface area contributed by atoms with Gasteiger partial charge in [0.2, 0.25) is 0 Å². The van der Waals surface area contributed by atoms with Crippen LogP contribution in [0.3, 0.4) is 0 Å². The maximum absolute atomic E-state index is 10.8. The Morgan fingerprint density at radius 3 is 3.00 bits per heavy atom. The van der Waals surface area contributed by atoms with Gasteiger partial charge in [-0.05, 0) is 47.3 Å². The molecule has 1 aliphatic rings. The van der Waals surface area contributed by atoms with E-state index >= 15 is 0 Å². The minimum absolute atomic E-state index is 0.0292. The summed E-state index contributed by atoms with van der Waals surface area (Å²) in [6.07, 6.45) is 0.709. The van der Waals surface area contributed by atoms with Gasteiger partial charge in [0.1, 0.15) is 0 Å². The molecule has 0 amide bonds. The Labute approximate surface area is 114 Å². The molecule has 2 rings (SSSR count). The fraction of sp³-hybridized carbons (Fsp3) is 0.462. The molecular formula is C13H16BrNO3. The van der Waals surface area contributed by atoms with Crippen LogP contribution >= 0.6 is 15.9 Å². The highest BCUT2D eigenvalue weighted by Crippen LogP contribution is 2.27. The highest BCUT2D eigenvalue weighted by atomic mass is 79.9. The Kier molecular flexibility index (Phi) is 4.24. The molecule has 2 atom stereocenters. The lowest BCUT2D eigenvalue weighted by Gasteiger charge is -2.15. The summed E-state index contributed by atoms with van der Waals surface area (Å²) in [5.74, 6) is -0.866. The summed E-state index contributed by atoms with van der Waals surface area (Å²) in [5.41, 5.74) is 2.17. The van der Waals surface area contributed by atoms with E-state index < -0.39 is 12.1 Å². The second-order valence-corrected chi connectivity index (χ2v) is 5.27. The van der Waals surface area contributed by atoms with Gasteiger partial charge in [0, 0.05) is 16.7 Å². The largest absolute Gasteiger partial charge is 0.479 e. The molecule has 1 aromatic rings. The fourth-order valence-corrected chi connectivity index (χ4v) is 2.45. The van der Waals surface area contributed by atoms with Crippen LogP contribution in [0.4, 0.5) is 5.69 Å². The summed E-state index contributed by atoms with van der Waals surface area (Å²) in [5, 5.41) is 12.1. The highest BCUT2D eigenvalue weighted by Gasteiger charge is 2.30. The van der Waals surface area contributed by atoms with Crippen LogP contribution in [0.15, 0.2) is 22.7 Å². The fourth-order valence-electron chi connectivity index (χ4n) is 2.05. The van der Waals surface area contributed by atoms with Crippen LogP contribution in [-0.2, 0) is 9.53 Å². The molecule has 1 saturated heterocycles. The molecule has 0 aromatic heterocycles. The van der Waals surface area contributed by atoms with Crippen molar-refractivity contribution in [2.45, 2.75) is 32.0 Å². The molecule has 0 radical (unpaired) electrons. The lowest BCUT2D eigenvalue weighted by atomic mass is 10.2. The molecule has 5 heteroatoms. The Morgan fingerprint density at radius 1 is 1.56 bits per heavy atom. The van der Waals surface area contributed by atoms with Gasteiger partial charge in [0.15, 0.2) is 6.10 Å². The summed E-state index contributed by atoms with van der Waals surface area (Å²) in [6, 6.07) is 6.00. The van der Waals surface area contributed by atoms with Gasteiger partial charge in [-0.1, -0.05) is 12.1 Å². The second-order valence-electron chi connectivity index (χ2n) is 4.48. The number of anilines is 1. The maximum atomic E-state index is 10.8. The van der Waals surface area contributed by atoms with Crippen LogP contribution in [0.5, 0.6) is 0 Å². The standard InChI is InChI=1S/C13H16BrNO3/c1-8-3-2-4-10(12(8)14)15-7-9-5-6-11(18-9)13(16)17/h2-4,9,11,15H,5-7H2,1H3,(H,16,17). The molecule has 1 aliphatic heterocycles. The van der Waals surface area contributed by atoms with Gasteiger partial charge in [-0.3, -0.25) is 0 Å². The monoisotopic (exact) mass is 313 g/mol. The number of benzene rings is 1. The van der Waals surface area contributed by atoms with Crippen molar-refractivity contribution < 1.29 is 14.6 Å². The topological polar surface area (TPSA) is 58.6 Å². The van der Waals surface area contributed by atoms with E-state index in [1.165, 1.54) is 0 Å². The molecule has 0 bridgehead atoms. The Bertz CT molecular complexity index is 450. The zero-order valence-corrected chi connectivity index (χ0v) is 11.7. The van der Waals surface area contributed by atoms with Crippen molar-refractivity contribution in [3.05, 3.63) is 28.2 Å². The van der Waals surface area contributed by atoms with E-state index in [0.29, 0.717) is 13.0 Å². The van der Waals surface area contributed by atoms with Gasteiger partial charge < -0.3 is 15.2 Å². The first-order valence-corrected chi connectivity index (χ1v) is 6.74. The normalized spacial score (nSPS) is 23.0. The van der Waals surface area contributed by atoms with Crippen LogP contribution in [0.2, 0.25) is 0 Å². The number of halogens is 1. The smallest absolute Gasteiger partial charge is 0.332 e. The van der Waals surface area contributed by atoms with E-state index in [4.69, 9.17) is 9.84 Å². The molecular weight excluding hydrogens is 298 g/mol. The molecule has 4 nitrogen and oxygen atoms in total. The maximum Gasteiger partial charge on any atom is 0.332 e. The van der Waals surface area contributed by atoms with Crippen LogP contribution in [-0.4, -0.2) is 29.8 Å². The Morgan fingerprint density at radius 2 is 2.33 bits per heavy atom. The highest BCUT2D eigenvalue weighted by molar-refractivity contribution is 9.10. The van der Waals surface area contributed by atoms with Gasteiger partial charge in [-0.15, -0.1) is 0 Å². The lowest BCUT2D eigenvalue weighted by Crippen LogP contribution is -2.24. The SMILES string of the molecule is Cc1cccc(NCC2CCC(C(=O)O)O2)c1Br. The first-order chi connectivity index (χ1) is 8.58. The van der Waals surface area contributed by atoms with Crippen molar-refractivity contribution in [3.8, 4) is 0 Å². The molecule has 1 heterocycles. The molecule has 0 saturated carbocycles. The molecule has 0 spiro atoms. The summed E-state index contributed by atoms with van der Waals surface area (Å²) in [4.78, 5) is 10.8. The van der Waals surface area contributed by atoms with E-state index in [1.54, 1.807) is 0 Å². The summed E-state index contributed by atoms with van der Waals surface area (Å²) in [6.45, 7) is 2.66. The lowest BCUT2D eigenvalue weighted by molar-refractivity contribution is -0.149. The van der Waals surface area contributed by atoms with Gasteiger partial charge >= 0.3 is 5.97 Å². The van der Waals surface area contributed by atoms with Crippen molar-refractivity contribution >= 4 is 27.6 Å². The first kappa shape index (κ1) is 13.4. The van der Waals surface area contributed by atoms with Gasteiger partial charge in [0.25, 0.3) is 0 Å². The first-order valence-electron chi connectivity index (χ1n) is 5.95. The number of carboxylic acid groups (broad SMARTS) is 1. The number of carboxylic acids is 1. The number of aliphatic carboxylic acids is 1. The molecule has 98 valence electrons. The quantitative estimate of drug-likeness (QED) is 0.897. The minimum Gasteiger partial charge on any atom is -0.479 e. The van der Waals surface area contributed by atoms with Gasteiger partial charge in [-0.2, -0.15) is 0 Å². The molecule has 1 fully saturated rings. The zero-order chi connectivity index (χ0) is 13.1. The molecule has 2 N–H and O–H groups in total. The van der Waals surface area contributed by atoms with E-state index in [0.717, 1.165) is 22.1 Å². The summed E-state index contributed by atoms with van der Waals surface area (Å²) in [7, 11) is 0. The third-order valence-electron chi connectivity index (χ3n) is 3.09. The third kappa shape index (κ3) is 3.03. The van der Waals surface area contributed by atoms with Crippen molar-refractivity contribution in [2.24, 2.45) is 0 Å². The van der Waals surface area contributed by atoms with E-state index in [-0.39, 0.29) is 6.10 Å². The number of hydrogen-bond donors (Lipinski definition) is 2. The number of hydrogen-bond acceptors (Lipinski definition) is 3. The predicted octanol–water partition coefficient (Wildman–Crippen LogP) is 2.80. The summed E-state index contributed by atoms with van der Waals surface area (Å²) >= 11 is 3.53. The van der Waals surface area contributed by atoms with Crippen molar-refractivity contribution in [3.63, 3.8) is 0 Å². The zero-order valence-electron chi connectivity index (χ0n) is 10.1. The predicted molar refractivity (Wildman–Crippen MR) is 72.9 cm³/mol. The van der Waals surface area contributed by atoms with Crippen LogP contribution in [0.1, 0.15) is 18.4 Å². The number of aryl methyl sites for hydroxylation is 1. The van der Waals surface area contributed by atoms with Crippen molar-refractivity contribution in [1.29, 1.82) is 0 Å². The second kappa shape index (κ2) is 5.71. The van der Waals surface area contributed by atoms with Crippen LogP contribution in [0.25, 0.3) is 0 Å². The third-order valence-corrected chi connectivity index (χ3v) is 4.15. The van der Waals surface area contributed by atoms with Gasteiger partial charge in [0.05, 0.1) is 6.10 Å². The number of ether oxygens (including phenoxy) is 1. The number of nitrogens with one attached hydrogen (secondary N) is 1. The van der Waals surface area contributed by atoms with Crippen LogP contribution in [0, 0.1) is 6.92 Å². The average molecular weight is 314 g/mol. The number of rotatable bonds is 4. The van der Waals surface area contributed by atoms with Gasteiger partial charge in [-0.25, -0.2) is 4.79 Å². The van der Waals surface area contributed by atoms with Crippen molar-refractivity contribution in [2.75, 3.05) is 11.9 Å². The molecule has 18 heavy (non-hydrogen) atoms. The Hall–Kier alpha value is -1.07. The minimum atomic E-state index is -0.866. The Balaban J connectivity index is 1.89. The van der Waals surface area contributed by atoms with E-state index in [1.807, 2.05) is 25.1 Å². The molecule has 1 aromatic carbocycles. The van der Waals surface area contributed by atoms with Crippen LogP contribution < -0.4 is 5.32 Å². The van der Waals surface area contributed by atoms with E-state index in [2.05, 4.69) is 21.2 Å². The average Bonchev–Trinajstić information content (AvgIpc) is 2.80. The molecule has 2 unspecified atom stereocenters. The number of carbonyl (C=O) groups is 1. The molecule has 0 aliphatic carbocycles. The van der Waals surface area contributed by atoms with Crippen molar-refractivity contribution in [1.82, 2.24) is 0 Å².